The molecule has 0 aliphatic carbocycles. The smallest absolute Gasteiger partial charge is 0.258 e. The molecule has 3 N–H and O–H groups in total. The zero-order valence-electron chi connectivity index (χ0n) is 9.80. The molecule has 0 spiro atoms. The molecule has 0 saturated heterocycles. The summed E-state index contributed by atoms with van der Waals surface area (Å²) in [6.07, 6.45) is 1.41. The topological polar surface area (TPSA) is 90.1 Å². The fraction of sp³-hybridized carbons (Fsp3) is 0.250. The normalized spacial score (nSPS) is 10.3. The first kappa shape index (κ1) is 12.3. The number of nitrogens with one attached hydrogen (secondary N) is 1. The van der Waals surface area contributed by atoms with Crippen molar-refractivity contribution in [1.29, 1.82) is 0 Å². The van der Waals surface area contributed by atoms with E-state index in [1.165, 1.54) is 6.33 Å². The molecule has 0 unspecified atom stereocenters. The minimum atomic E-state index is -0.219. The fourth-order valence-corrected chi connectivity index (χ4v) is 1.49. The Balaban J connectivity index is 2.05. The number of benzene rings is 1. The number of fused-ring (bicyclic) bond motifs is 1. The number of rotatable bonds is 5. The van der Waals surface area contributed by atoms with Gasteiger partial charge in [-0.2, -0.15) is 0 Å². The van der Waals surface area contributed by atoms with Gasteiger partial charge in [-0.25, -0.2) is 9.97 Å². The van der Waals surface area contributed by atoms with E-state index in [2.05, 4.69) is 15.3 Å². The molecule has 1 heterocycles. The van der Waals surface area contributed by atoms with E-state index in [1.807, 2.05) is 24.3 Å². The summed E-state index contributed by atoms with van der Waals surface area (Å²) >= 11 is 0. The third-order valence-corrected chi connectivity index (χ3v) is 2.31. The van der Waals surface area contributed by atoms with Crippen LogP contribution >= 0.6 is 0 Å². The van der Waals surface area contributed by atoms with Crippen LogP contribution in [0.3, 0.4) is 0 Å². The van der Waals surface area contributed by atoms with Crippen molar-refractivity contribution in [3.05, 3.63) is 30.6 Å². The lowest BCUT2D eigenvalue weighted by molar-refractivity contribution is -0.123. The van der Waals surface area contributed by atoms with Crippen LogP contribution in [0.1, 0.15) is 0 Å². The highest BCUT2D eigenvalue weighted by atomic mass is 16.5. The van der Waals surface area contributed by atoms with Crippen LogP contribution in [0.25, 0.3) is 10.9 Å². The van der Waals surface area contributed by atoms with Crippen LogP contribution in [-0.2, 0) is 4.79 Å². The van der Waals surface area contributed by atoms with Crippen molar-refractivity contribution in [2.24, 2.45) is 5.73 Å². The Morgan fingerprint density at radius 3 is 3.00 bits per heavy atom. The van der Waals surface area contributed by atoms with Gasteiger partial charge in [-0.15, -0.1) is 0 Å². The van der Waals surface area contributed by atoms with Gasteiger partial charge in [0.15, 0.2) is 6.61 Å². The van der Waals surface area contributed by atoms with Gasteiger partial charge in [-0.05, 0) is 12.1 Å². The van der Waals surface area contributed by atoms with Crippen molar-refractivity contribution in [2.75, 3.05) is 19.7 Å². The van der Waals surface area contributed by atoms with Gasteiger partial charge in [0.2, 0.25) is 5.88 Å². The van der Waals surface area contributed by atoms with Gasteiger partial charge >= 0.3 is 0 Å². The molecule has 94 valence electrons. The van der Waals surface area contributed by atoms with E-state index in [1.54, 1.807) is 0 Å². The van der Waals surface area contributed by atoms with E-state index in [-0.39, 0.29) is 12.5 Å². The maximum absolute atomic E-state index is 11.4. The molecular formula is C12H14N4O2. The molecule has 0 bridgehead atoms. The number of amides is 1. The monoisotopic (exact) mass is 246 g/mol. The third kappa shape index (κ3) is 2.92. The summed E-state index contributed by atoms with van der Waals surface area (Å²) < 4.78 is 5.37. The number of carbonyl (C=O) groups is 1. The van der Waals surface area contributed by atoms with Gasteiger partial charge in [0.1, 0.15) is 6.33 Å². The highest BCUT2D eigenvalue weighted by molar-refractivity contribution is 5.83. The van der Waals surface area contributed by atoms with Crippen LogP contribution in [0.15, 0.2) is 30.6 Å². The molecule has 1 aromatic heterocycles. The number of hydrogen-bond acceptors (Lipinski definition) is 5. The van der Waals surface area contributed by atoms with E-state index in [0.29, 0.717) is 19.0 Å². The second-order valence-corrected chi connectivity index (χ2v) is 3.62. The van der Waals surface area contributed by atoms with Crippen molar-refractivity contribution in [3.8, 4) is 5.88 Å². The summed E-state index contributed by atoms with van der Waals surface area (Å²) in [4.78, 5) is 19.5. The number of aromatic nitrogens is 2. The van der Waals surface area contributed by atoms with Gasteiger partial charge in [0.25, 0.3) is 5.91 Å². The summed E-state index contributed by atoms with van der Waals surface area (Å²) in [6, 6.07) is 7.46. The van der Waals surface area contributed by atoms with Crippen molar-refractivity contribution in [3.63, 3.8) is 0 Å². The van der Waals surface area contributed by atoms with E-state index < -0.39 is 0 Å². The predicted octanol–water partition coefficient (Wildman–Crippen LogP) is 0.0835. The largest absolute Gasteiger partial charge is 0.467 e. The molecule has 0 aliphatic heterocycles. The minimum Gasteiger partial charge on any atom is -0.467 e. The number of para-hydroxylation sites is 1. The molecule has 0 aliphatic rings. The molecule has 2 rings (SSSR count). The molecule has 6 heteroatoms. The van der Waals surface area contributed by atoms with Crippen LogP contribution in [0.4, 0.5) is 0 Å². The molecule has 0 fully saturated rings. The van der Waals surface area contributed by atoms with Gasteiger partial charge in [0.05, 0.1) is 10.9 Å². The zero-order chi connectivity index (χ0) is 12.8. The zero-order valence-corrected chi connectivity index (χ0v) is 9.80. The summed E-state index contributed by atoms with van der Waals surface area (Å²) in [5, 5.41) is 3.40. The Morgan fingerprint density at radius 2 is 2.17 bits per heavy atom. The Morgan fingerprint density at radius 1 is 1.33 bits per heavy atom. The molecule has 18 heavy (non-hydrogen) atoms. The van der Waals surface area contributed by atoms with E-state index >= 15 is 0 Å². The van der Waals surface area contributed by atoms with Crippen LogP contribution in [0.2, 0.25) is 0 Å². The van der Waals surface area contributed by atoms with Gasteiger partial charge in [-0.3, -0.25) is 4.79 Å². The summed E-state index contributed by atoms with van der Waals surface area (Å²) in [7, 11) is 0. The summed E-state index contributed by atoms with van der Waals surface area (Å²) in [5.74, 6) is 0.187. The molecule has 0 radical (unpaired) electrons. The van der Waals surface area contributed by atoms with Crippen LogP contribution in [-0.4, -0.2) is 35.6 Å². The second kappa shape index (κ2) is 5.92. The lowest BCUT2D eigenvalue weighted by Crippen LogP contribution is -2.33. The van der Waals surface area contributed by atoms with Crippen LogP contribution in [0, 0.1) is 0 Å². The van der Waals surface area contributed by atoms with Gasteiger partial charge < -0.3 is 15.8 Å². The van der Waals surface area contributed by atoms with E-state index in [9.17, 15) is 4.79 Å². The standard InChI is InChI=1S/C12H14N4O2/c13-5-6-14-11(17)7-18-12-9-3-1-2-4-10(9)15-8-16-12/h1-4,8H,5-7,13H2,(H,14,17). The molecule has 1 amide bonds. The molecule has 0 atom stereocenters. The number of hydrogen-bond donors (Lipinski definition) is 2. The van der Waals surface area contributed by atoms with Crippen LogP contribution in [0.5, 0.6) is 5.88 Å². The summed E-state index contributed by atoms with van der Waals surface area (Å²) in [6.45, 7) is 0.760. The lowest BCUT2D eigenvalue weighted by atomic mass is 10.2. The Kier molecular flexibility index (Phi) is 4.03. The fourth-order valence-electron chi connectivity index (χ4n) is 1.49. The second-order valence-electron chi connectivity index (χ2n) is 3.62. The maximum atomic E-state index is 11.4. The lowest BCUT2D eigenvalue weighted by Gasteiger charge is -2.07. The number of carbonyl (C=O) groups excluding carboxylic acids is 1. The first-order valence-electron chi connectivity index (χ1n) is 5.60. The number of nitrogens with two attached hydrogens (primary N) is 1. The van der Waals surface area contributed by atoms with Crippen molar-refractivity contribution in [2.45, 2.75) is 0 Å². The Bertz CT molecular complexity index is 539. The predicted molar refractivity (Wildman–Crippen MR) is 67.1 cm³/mol. The quantitative estimate of drug-likeness (QED) is 0.780. The highest BCUT2D eigenvalue weighted by Crippen LogP contribution is 2.20. The van der Waals surface area contributed by atoms with E-state index in [4.69, 9.17) is 10.5 Å². The third-order valence-electron chi connectivity index (χ3n) is 2.31. The average Bonchev–Trinajstić information content (AvgIpc) is 2.42. The van der Waals surface area contributed by atoms with Crippen molar-refractivity contribution >= 4 is 16.8 Å². The minimum absolute atomic E-state index is 0.0823. The maximum Gasteiger partial charge on any atom is 0.258 e. The first-order valence-corrected chi connectivity index (χ1v) is 5.60. The summed E-state index contributed by atoms with van der Waals surface area (Å²) in [5.41, 5.74) is 6.06. The molecule has 0 saturated carbocycles. The van der Waals surface area contributed by atoms with Crippen molar-refractivity contribution < 1.29 is 9.53 Å². The first-order chi connectivity index (χ1) is 8.81. The SMILES string of the molecule is NCCNC(=O)COc1ncnc2ccccc12. The molecule has 2 aromatic rings. The molecular weight excluding hydrogens is 232 g/mol. The van der Waals surface area contributed by atoms with E-state index in [0.717, 1.165) is 10.9 Å². The number of nitrogens with zero attached hydrogens (tertiary/aromatic N) is 2. The number of ether oxygens (including phenoxy) is 1. The Hall–Kier alpha value is -2.21. The molecule has 6 nitrogen and oxygen atoms in total. The molecule has 1 aromatic carbocycles. The van der Waals surface area contributed by atoms with Crippen LogP contribution < -0.4 is 15.8 Å². The Labute approximate surface area is 104 Å². The van der Waals surface area contributed by atoms with Gasteiger partial charge in [0, 0.05) is 13.1 Å². The highest BCUT2D eigenvalue weighted by Gasteiger charge is 2.06. The van der Waals surface area contributed by atoms with Crippen molar-refractivity contribution in [1.82, 2.24) is 15.3 Å². The van der Waals surface area contributed by atoms with Gasteiger partial charge in [-0.1, -0.05) is 12.1 Å². The average molecular weight is 246 g/mol.